The normalized spacial score (nSPS) is 11.3. The Hall–Kier alpha value is -2.87. The molecule has 0 aliphatic carbocycles. The van der Waals surface area contributed by atoms with E-state index in [1.54, 1.807) is 32.9 Å². The summed E-state index contributed by atoms with van der Waals surface area (Å²) < 4.78 is 27.2. The van der Waals surface area contributed by atoms with E-state index in [4.69, 9.17) is 11.6 Å². The largest absolute Gasteiger partial charge is 0.372 e. The first-order chi connectivity index (χ1) is 14.3. The molecule has 3 amide bonds. The van der Waals surface area contributed by atoms with E-state index in [2.05, 4.69) is 10.7 Å². The molecule has 0 saturated heterocycles. The van der Waals surface area contributed by atoms with Crippen molar-refractivity contribution in [3.8, 4) is 0 Å². The van der Waals surface area contributed by atoms with Crippen LogP contribution in [0.25, 0.3) is 0 Å². The van der Waals surface area contributed by atoms with Gasteiger partial charge in [-0.05, 0) is 65.0 Å². The van der Waals surface area contributed by atoms with Gasteiger partial charge in [0.1, 0.15) is 11.6 Å². The monoisotopic (exact) mass is 452 g/mol. The Morgan fingerprint density at radius 3 is 2.29 bits per heavy atom. The number of anilines is 2. The number of amides is 3. The van der Waals surface area contributed by atoms with Gasteiger partial charge >= 0.3 is 6.03 Å². The maximum Gasteiger partial charge on any atom is 0.338 e. The van der Waals surface area contributed by atoms with Gasteiger partial charge in [0, 0.05) is 35.4 Å². The fourth-order valence-corrected chi connectivity index (χ4v) is 2.93. The summed E-state index contributed by atoms with van der Waals surface area (Å²) >= 11 is 6.23. The van der Waals surface area contributed by atoms with Gasteiger partial charge in [-0.25, -0.2) is 24.0 Å². The average Bonchev–Trinajstić information content (AvgIpc) is 2.66. The van der Waals surface area contributed by atoms with Crippen molar-refractivity contribution >= 4 is 34.9 Å². The molecular weight excluding hydrogens is 426 g/mol. The molecule has 2 rings (SSSR count). The summed E-state index contributed by atoms with van der Waals surface area (Å²) in [5.74, 6) is -2.02. The van der Waals surface area contributed by atoms with Crippen molar-refractivity contribution in [3.05, 3.63) is 58.6 Å². The van der Waals surface area contributed by atoms with Crippen molar-refractivity contribution in [3.63, 3.8) is 0 Å². The second kappa shape index (κ2) is 9.51. The number of hydrazine groups is 1. The van der Waals surface area contributed by atoms with Crippen LogP contribution < -0.4 is 15.6 Å². The van der Waals surface area contributed by atoms with E-state index in [9.17, 15) is 18.4 Å². The van der Waals surface area contributed by atoms with Crippen LogP contribution in [-0.4, -0.2) is 35.6 Å². The highest BCUT2D eigenvalue weighted by Gasteiger charge is 2.30. The van der Waals surface area contributed by atoms with Crippen molar-refractivity contribution in [2.75, 3.05) is 17.3 Å². The van der Waals surface area contributed by atoms with Crippen molar-refractivity contribution in [2.45, 2.75) is 46.2 Å². The highest BCUT2D eigenvalue weighted by Crippen LogP contribution is 2.25. The van der Waals surface area contributed by atoms with Crippen LogP contribution in [0.3, 0.4) is 0 Å². The molecule has 0 heterocycles. The van der Waals surface area contributed by atoms with Crippen LogP contribution in [0.1, 0.15) is 45.0 Å². The van der Waals surface area contributed by atoms with Crippen LogP contribution in [-0.2, 0) is 0 Å². The number of hydrogen-bond donors (Lipinski definition) is 2. The van der Waals surface area contributed by atoms with Gasteiger partial charge in [-0.15, -0.1) is 0 Å². The minimum absolute atomic E-state index is 0.171. The number of urea groups is 1. The molecule has 168 valence electrons. The third kappa shape index (κ3) is 6.30. The third-order valence-corrected chi connectivity index (χ3v) is 4.79. The van der Waals surface area contributed by atoms with Crippen molar-refractivity contribution in [1.29, 1.82) is 0 Å². The average molecular weight is 453 g/mol. The third-order valence-electron chi connectivity index (χ3n) is 4.58. The van der Waals surface area contributed by atoms with E-state index >= 15 is 0 Å². The topological polar surface area (TPSA) is 64.7 Å². The molecule has 0 spiro atoms. The molecule has 0 radical (unpaired) electrons. The fourth-order valence-electron chi connectivity index (χ4n) is 2.70. The molecule has 0 fully saturated rings. The van der Waals surface area contributed by atoms with E-state index in [0.717, 1.165) is 28.9 Å². The van der Waals surface area contributed by atoms with E-state index in [0.29, 0.717) is 5.02 Å². The van der Waals surface area contributed by atoms with Gasteiger partial charge in [-0.3, -0.25) is 4.79 Å². The first-order valence-corrected chi connectivity index (χ1v) is 10.1. The Kier molecular flexibility index (Phi) is 7.49. The lowest BCUT2D eigenvalue weighted by Gasteiger charge is -2.35. The second-order valence-electron chi connectivity index (χ2n) is 8.40. The minimum Gasteiger partial charge on any atom is -0.372 e. The number of carbonyl (C=O) groups excluding carboxylic acids is 2. The number of carbonyl (C=O) groups is 2. The molecule has 0 aromatic heterocycles. The van der Waals surface area contributed by atoms with Gasteiger partial charge in [0.25, 0.3) is 5.91 Å². The number of nitrogens with one attached hydrogen (secondary N) is 2. The lowest BCUT2D eigenvalue weighted by atomic mass is 10.1. The van der Waals surface area contributed by atoms with Gasteiger partial charge in [-0.2, -0.15) is 0 Å². The zero-order valence-corrected chi connectivity index (χ0v) is 19.1. The molecule has 9 heteroatoms. The minimum atomic E-state index is -0.894. The predicted molar refractivity (Wildman–Crippen MR) is 119 cm³/mol. The summed E-state index contributed by atoms with van der Waals surface area (Å²) in [5, 5.41) is 3.71. The summed E-state index contributed by atoms with van der Waals surface area (Å²) in [4.78, 5) is 27.7. The van der Waals surface area contributed by atoms with E-state index in [-0.39, 0.29) is 17.3 Å². The molecule has 0 bridgehead atoms. The van der Waals surface area contributed by atoms with Crippen LogP contribution in [0.2, 0.25) is 5.02 Å². The SMILES string of the molecule is CC(C)N(C)c1cc(Cl)cc(C(=O)N(NC(=O)Nc2cc(F)ccc2F)C(C)(C)C)c1. The van der Waals surface area contributed by atoms with Crippen molar-refractivity contribution in [2.24, 2.45) is 0 Å². The molecular formula is C22H27ClF2N4O2. The first kappa shape index (κ1) is 24.4. The molecule has 0 aliphatic heterocycles. The highest BCUT2D eigenvalue weighted by molar-refractivity contribution is 6.31. The Balaban J connectivity index is 2.31. The maximum absolute atomic E-state index is 13.8. The van der Waals surface area contributed by atoms with E-state index in [1.165, 1.54) is 6.07 Å². The molecule has 2 aromatic rings. The maximum atomic E-state index is 13.8. The van der Waals surface area contributed by atoms with Crippen LogP contribution in [0.15, 0.2) is 36.4 Å². The number of nitrogens with zero attached hydrogens (tertiary/aromatic N) is 2. The summed E-state index contributed by atoms with van der Waals surface area (Å²) in [6.45, 7) is 9.17. The lowest BCUT2D eigenvalue weighted by Crippen LogP contribution is -2.56. The second-order valence-corrected chi connectivity index (χ2v) is 8.84. The molecule has 2 N–H and O–H groups in total. The first-order valence-electron chi connectivity index (χ1n) is 9.70. The van der Waals surface area contributed by atoms with Gasteiger partial charge in [0.2, 0.25) is 0 Å². The molecule has 0 unspecified atom stereocenters. The Morgan fingerprint density at radius 1 is 1.06 bits per heavy atom. The molecule has 0 saturated carbocycles. The van der Waals surface area contributed by atoms with Gasteiger partial charge in [-0.1, -0.05) is 11.6 Å². The smallest absolute Gasteiger partial charge is 0.338 e. The predicted octanol–water partition coefficient (Wildman–Crippen LogP) is 5.44. The molecule has 0 aliphatic rings. The van der Waals surface area contributed by atoms with Crippen LogP contribution in [0.5, 0.6) is 0 Å². The summed E-state index contributed by atoms with van der Waals surface area (Å²) in [7, 11) is 1.88. The Bertz CT molecular complexity index is 976. The Morgan fingerprint density at radius 2 is 1.71 bits per heavy atom. The number of benzene rings is 2. The number of hydrogen-bond acceptors (Lipinski definition) is 3. The number of rotatable bonds is 4. The molecule has 0 atom stereocenters. The van der Waals surface area contributed by atoms with Crippen molar-refractivity contribution in [1.82, 2.24) is 10.4 Å². The molecule has 2 aromatic carbocycles. The molecule has 31 heavy (non-hydrogen) atoms. The zero-order chi connectivity index (χ0) is 23.5. The van der Waals surface area contributed by atoms with Crippen LogP contribution in [0.4, 0.5) is 25.0 Å². The summed E-state index contributed by atoms with van der Waals surface area (Å²) in [6.07, 6.45) is 0. The Labute approximate surface area is 186 Å². The fraction of sp³-hybridized carbons (Fsp3) is 0.364. The van der Waals surface area contributed by atoms with E-state index < -0.39 is 29.1 Å². The standard InChI is InChI=1S/C22H27ClF2N4O2/c1-13(2)28(6)17-10-14(9-15(23)11-17)20(30)29(22(3,4)5)27-21(31)26-19-12-16(24)7-8-18(19)25/h7-13H,1-6H3,(H2,26,27,31). The van der Waals surface area contributed by atoms with Gasteiger partial charge in [0.15, 0.2) is 0 Å². The van der Waals surface area contributed by atoms with Crippen molar-refractivity contribution < 1.29 is 18.4 Å². The van der Waals surface area contributed by atoms with E-state index in [1.807, 2.05) is 25.8 Å². The van der Waals surface area contributed by atoms with Gasteiger partial charge in [0.05, 0.1) is 11.2 Å². The summed E-state index contributed by atoms with van der Waals surface area (Å²) in [6, 6.07) is 6.89. The lowest BCUT2D eigenvalue weighted by molar-refractivity contribution is 0.0460. The summed E-state index contributed by atoms with van der Waals surface area (Å²) in [5.41, 5.74) is 2.26. The van der Waals surface area contributed by atoms with Gasteiger partial charge < -0.3 is 10.2 Å². The molecule has 6 nitrogen and oxygen atoms in total. The van der Waals surface area contributed by atoms with Crippen LogP contribution in [0, 0.1) is 11.6 Å². The quantitative estimate of drug-likeness (QED) is 0.607. The van der Waals surface area contributed by atoms with Crippen LogP contribution >= 0.6 is 11.6 Å². The number of halogens is 3. The highest BCUT2D eigenvalue weighted by atomic mass is 35.5. The zero-order valence-electron chi connectivity index (χ0n) is 18.4.